The van der Waals surface area contributed by atoms with Gasteiger partial charge in [0, 0.05) is 24.2 Å². The summed E-state index contributed by atoms with van der Waals surface area (Å²) < 4.78 is 33.7. The van der Waals surface area contributed by atoms with Crippen LogP contribution in [0.2, 0.25) is 0 Å². The van der Waals surface area contributed by atoms with Crippen LogP contribution in [0.1, 0.15) is 5.69 Å². The number of nitrogen functional groups attached to an aromatic ring is 1. The number of rotatable bonds is 2. The number of anilines is 1. The van der Waals surface area contributed by atoms with Crippen LogP contribution in [0.4, 0.5) is 14.6 Å². The average molecular weight is 253 g/mol. The lowest BCUT2D eigenvalue weighted by atomic mass is 10.0. The van der Waals surface area contributed by atoms with E-state index in [0.29, 0.717) is 11.3 Å². The van der Waals surface area contributed by atoms with E-state index in [1.165, 1.54) is 11.8 Å². The van der Waals surface area contributed by atoms with Crippen LogP contribution in [-0.4, -0.2) is 16.9 Å². The van der Waals surface area contributed by atoms with Crippen LogP contribution in [0.5, 0.6) is 5.75 Å². The Balaban J connectivity index is 2.68. The first-order valence-corrected chi connectivity index (χ1v) is 5.28. The van der Waals surface area contributed by atoms with Crippen LogP contribution >= 0.6 is 0 Å². The summed E-state index contributed by atoms with van der Waals surface area (Å²) in [7, 11) is 2.92. The Morgan fingerprint density at radius 1 is 1.28 bits per heavy atom. The summed E-state index contributed by atoms with van der Waals surface area (Å²) in [4.78, 5) is 0. The molecule has 1 heterocycles. The fourth-order valence-electron chi connectivity index (χ4n) is 1.89. The molecule has 0 aliphatic carbocycles. The number of halogens is 2. The Kier molecular flexibility index (Phi) is 2.94. The van der Waals surface area contributed by atoms with Gasteiger partial charge in [-0.05, 0) is 13.0 Å². The molecule has 18 heavy (non-hydrogen) atoms. The molecular weight excluding hydrogens is 240 g/mol. The maximum Gasteiger partial charge on any atom is 0.165 e. The molecule has 0 fully saturated rings. The Morgan fingerprint density at radius 3 is 2.44 bits per heavy atom. The Morgan fingerprint density at radius 2 is 1.94 bits per heavy atom. The van der Waals surface area contributed by atoms with Crippen LogP contribution in [0.15, 0.2) is 12.1 Å². The lowest BCUT2D eigenvalue weighted by Gasteiger charge is -2.07. The van der Waals surface area contributed by atoms with Gasteiger partial charge in [0.25, 0.3) is 0 Å². The molecule has 0 unspecified atom stereocenters. The standard InChI is InChI=1S/C12H13F2N3O/c1-6-11(12(15)17(2)16-6)7-4-9(14)10(18-3)5-8(7)13/h4-5H,15H2,1-3H3. The molecule has 0 atom stereocenters. The molecule has 1 aromatic heterocycles. The van der Waals surface area contributed by atoms with Crippen molar-refractivity contribution in [2.45, 2.75) is 6.92 Å². The van der Waals surface area contributed by atoms with Crippen molar-refractivity contribution in [2.75, 3.05) is 12.8 Å². The van der Waals surface area contributed by atoms with Crippen molar-refractivity contribution in [1.82, 2.24) is 9.78 Å². The third-order valence-corrected chi connectivity index (χ3v) is 2.78. The molecule has 0 aliphatic rings. The number of hydrogen-bond donors (Lipinski definition) is 1. The maximum absolute atomic E-state index is 13.9. The van der Waals surface area contributed by atoms with Crippen LogP contribution in [0, 0.1) is 18.6 Å². The van der Waals surface area contributed by atoms with Crippen LogP contribution in [-0.2, 0) is 7.05 Å². The molecule has 0 saturated heterocycles. The molecule has 0 bridgehead atoms. The summed E-state index contributed by atoms with van der Waals surface area (Å²) in [5, 5.41) is 4.07. The number of nitrogens with two attached hydrogens (primary N) is 1. The minimum atomic E-state index is -0.642. The van der Waals surface area contributed by atoms with Crippen molar-refractivity contribution < 1.29 is 13.5 Å². The van der Waals surface area contributed by atoms with Gasteiger partial charge in [0.15, 0.2) is 11.6 Å². The lowest BCUT2D eigenvalue weighted by Crippen LogP contribution is -1.99. The van der Waals surface area contributed by atoms with Crippen LogP contribution in [0.25, 0.3) is 11.1 Å². The normalized spacial score (nSPS) is 10.7. The highest BCUT2D eigenvalue weighted by atomic mass is 19.1. The molecule has 0 radical (unpaired) electrons. The van der Waals surface area contributed by atoms with Crippen LogP contribution < -0.4 is 10.5 Å². The van der Waals surface area contributed by atoms with Crippen LogP contribution in [0.3, 0.4) is 0 Å². The van der Waals surface area contributed by atoms with E-state index in [1.807, 2.05) is 0 Å². The molecule has 2 aromatic rings. The second-order valence-electron chi connectivity index (χ2n) is 3.94. The van der Waals surface area contributed by atoms with Crippen molar-refractivity contribution in [3.05, 3.63) is 29.5 Å². The van der Waals surface area contributed by atoms with E-state index in [0.717, 1.165) is 12.1 Å². The lowest BCUT2D eigenvalue weighted by molar-refractivity contribution is 0.383. The number of benzene rings is 1. The number of nitrogens with zero attached hydrogens (tertiary/aromatic N) is 2. The number of hydrogen-bond acceptors (Lipinski definition) is 3. The SMILES string of the molecule is COc1cc(F)c(-c2c(C)nn(C)c2N)cc1F. The zero-order chi connectivity index (χ0) is 13.4. The van der Waals surface area contributed by atoms with Gasteiger partial charge < -0.3 is 10.5 Å². The van der Waals surface area contributed by atoms with Gasteiger partial charge in [0.05, 0.1) is 12.8 Å². The third kappa shape index (κ3) is 1.79. The molecule has 4 nitrogen and oxygen atoms in total. The van der Waals surface area contributed by atoms with Crippen molar-refractivity contribution in [2.24, 2.45) is 7.05 Å². The first-order valence-electron chi connectivity index (χ1n) is 5.28. The molecule has 0 amide bonds. The molecule has 0 aliphatic heterocycles. The first kappa shape index (κ1) is 12.3. The predicted molar refractivity (Wildman–Crippen MR) is 64.3 cm³/mol. The molecule has 0 spiro atoms. The smallest absolute Gasteiger partial charge is 0.165 e. The fraction of sp³-hybridized carbons (Fsp3) is 0.250. The summed E-state index contributed by atoms with van der Waals surface area (Å²) in [6.45, 7) is 1.69. The second kappa shape index (κ2) is 4.29. The summed E-state index contributed by atoms with van der Waals surface area (Å²) in [6, 6.07) is 2.06. The largest absolute Gasteiger partial charge is 0.494 e. The number of ether oxygens (including phenoxy) is 1. The van der Waals surface area contributed by atoms with E-state index in [9.17, 15) is 8.78 Å². The minimum Gasteiger partial charge on any atom is -0.494 e. The molecular formula is C12H13F2N3O. The highest BCUT2D eigenvalue weighted by Crippen LogP contribution is 2.34. The quantitative estimate of drug-likeness (QED) is 0.893. The Hall–Kier alpha value is -2.11. The molecule has 1 aromatic carbocycles. The Bertz CT molecular complexity index is 608. The molecule has 2 rings (SSSR count). The monoisotopic (exact) mass is 253 g/mol. The number of methoxy groups -OCH3 is 1. The van der Waals surface area contributed by atoms with Crippen molar-refractivity contribution in [1.29, 1.82) is 0 Å². The minimum absolute atomic E-state index is 0.0800. The summed E-state index contributed by atoms with van der Waals surface area (Å²) in [5.41, 5.74) is 6.82. The predicted octanol–water partition coefficient (Wildman–Crippen LogP) is 2.26. The zero-order valence-corrected chi connectivity index (χ0v) is 10.3. The number of aromatic nitrogens is 2. The molecule has 96 valence electrons. The molecule has 0 saturated carbocycles. The Labute approximate surface area is 103 Å². The van der Waals surface area contributed by atoms with E-state index in [1.54, 1.807) is 14.0 Å². The summed E-state index contributed by atoms with van der Waals surface area (Å²) in [5.74, 6) is -1.10. The number of aryl methyl sites for hydroxylation is 2. The van der Waals surface area contributed by atoms with E-state index in [-0.39, 0.29) is 17.1 Å². The molecule has 6 heteroatoms. The van der Waals surface area contributed by atoms with Crippen molar-refractivity contribution >= 4 is 5.82 Å². The van der Waals surface area contributed by atoms with E-state index >= 15 is 0 Å². The van der Waals surface area contributed by atoms with Crippen molar-refractivity contribution in [3.8, 4) is 16.9 Å². The average Bonchev–Trinajstić information content (AvgIpc) is 2.56. The zero-order valence-electron chi connectivity index (χ0n) is 10.3. The van der Waals surface area contributed by atoms with E-state index in [2.05, 4.69) is 5.10 Å². The highest BCUT2D eigenvalue weighted by molar-refractivity contribution is 5.77. The molecule has 2 N–H and O–H groups in total. The van der Waals surface area contributed by atoms with E-state index in [4.69, 9.17) is 10.5 Å². The third-order valence-electron chi connectivity index (χ3n) is 2.78. The summed E-state index contributed by atoms with van der Waals surface area (Å²) >= 11 is 0. The maximum atomic E-state index is 13.9. The van der Waals surface area contributed by atoms with Gasteiger partial charge in [0.1, 0.15) is 11.6 Å². The second-order valence-corrected chi connectivity index (χ2v) is 3.94. The van der Waals surface area contributed by atoms with Gasteiger partial charge in [-0.25, -0.2) is 8.78 Å². The van der Waals surface area contributed by atoms with Gasteiger partial charge >= 0.3 is 0 Å². The topological polar surface area (TPSA) is 53.1 Å². The van der Waals surface area contributed by atoms with E-state index < -0.39 is 11.6 Å². The van der Waals surface area contributed by atoms with Gasteiger partial charge in [-0.2, -0.15) is 5.10 Å². The first-order chi connectivity index (χ1) is 8.45. The summed E-state index contributed by atoms with van der Waals surface area (Å²) in [6.07, 6.45) is 0. The fourth-order valence-corrected chi connectivity index (χ4v) is 1.89. The van der Waals surface area contributed by atoms with Gasteiger partial charge in [-0.1, -0.05) is 0 Å². The van der Waals surface area contributed by atoms with Gasteiger partial charge in [-0.15, -0.1) is 0 Å². The van der Waals surface area contributed by atoms with Crippen molar-refractivity contribution in [3.63, 3.8) is 0 Å². The highest BCUT2D eigenvalue weighted by Gasteiger charge is 2.19. The van der Waals surface area contributed by atoms with Gasteiger partial charge in [-0.3, -0.25) is 4.68 Å². The van der Waals surface area contributed by atoms with Gasteiger partial charge in [0.2, 0.25) is 0 Å².